The highest BCUT2D eigenvalue weighted by Gasteiger charge is 2.17. The van der Waals surface area contributed by atoms with Gasteiger partial charge in [0.05, 0.1) is 0 Å². The SMILES string of the molecule is CC(C)(N)CC(=O)Cc1cc(F)ccc1Cl. The molecule has 0 amide bonds. The largest absolute Gasteiger partial charge is 0.325 e. The molecule has 0 fully saturated rings. The molecular weight excluding hydrogens is 229 g/mol. The van der Waals surface area contributed by atoms with Gasteiger partial charge < -0.3 is 5.73 Å². The van der Waals surface area contributed by atoms with Gasteiger partial charge in [-0.2, -0.15) is 0 Å². The van der Waals surface area contributed by atoms with Crippen LogP contribution in [0.5, 0.6) is 0 Å². The van der Waals surface area contributed by atoms with E-state index in [1.54, 1.807) is 13.8 Å². The summed E-state index contributed by atoms with van der Waals surface area (Å²) >= 11 is 5.86. The molecule has 0 saturated heterocycles. The van der Waals surface area contributed by atoms with Crippen molar-refractivity contribution in [3.8, 4) is 0 Å². The minimum absolute atomic E-state index is 0.0417. The zero-order valence-electron chi connectivity index (χ0n) is 9.39. The molecule has 88 valence electrons. The van der Waals surface area contributed by atoms with Crippen molar-refractivity contribution in [1.29, 1.82) is 0 Å². The summed E-state index contributed by atoms with van der Waals surface area (Å²) in [6.07, 6.45) is 0.372. The van der Waals surface area contributed by atoms with Gasteiger partial charge in [0.1, 0.15) is 11.6 Å². The Morgan fingerprint density at radius 1 is 1.50 bits per heavy atom. The highest BCUT2D eigenvalue weighted by Crippen LogP contribution is 2.19. The highest BCUT2D eigenvalue weighted by atomic mass is 35.5. The van der Waals surface area contributed by atoms with Crippen LogP contribution in [-0.4, -0.2) is 11.3 Å². The molecule has 2 N–H and O–H groups in total. The van der Waals surface area contributed by atoms with Gasteiger partial charge in [0, 0.05) is 23.4 Å². The molecule has 0 saturated carbocycles. The van der Waals surface area contributed by atoms with Gasteiger partial charge in [0.25, 0.3) is 0 Å². The van der Waals surface area contributed by atoms with Gasteiger partial charge in [0.15, 0.2) is 0 Å². The first-order valence-electron chi connectivity index (χ1n) is 5.02. The van der Waals surface area contributed by atoms with Crippen molar-refractivity contribution in [3.05, 3.63) is 34.6 Å². The zero-order valence-corrected chi connectivity index (χ0v) is 10.1. The lowest BCUT2D eigenvalue weighted by atomic mass is 9.95. The number of hydrogen-bond donors (Lipinski definition) is 1. The van der Waals surface area contributed by atoms with E-state index in [2.05, 4.69) is 0 Å². The summed E-state index contributed by atoms with van der Waals surface area (Å²) in [6.45, 7) is 3.55. The molecule has 4 heteroatoms. The normalized spacial score (nSPS) is 11.6. The third-order valence-corrected chi connectivity index (χ3v) is 2.42. The summed E-state index contributed by atoms with van der Waals surface area (Å²) in [5.41, 5.74) is 5.70. The number of ketones is 1. The molecule has 0 aliphatic rings. The summed E-state index contributed by atoms with van der Waals surface area (Å²) < 4.78 is 12.9. The van der Waals surface area contributed by atoms with Crippen LogP contribution in [0, 0.1) is 5.82 Å². The Morgan fingerprint density at radius 2 is 2.12 bits per heavy atom. The fourth-order valence-corrected chi connectivity index (χ4v) is 1.65. The van der Waals surface area contributed by atoms with Crippen LogP contribution in [0.2, 0.25) is 5.02 Å². The fourth-order valence-electron chi connectivity index (χ4n) is 1.46. The minimum Gasteiger partial charge on any atom is -0.325 e. The molecule has 0 unspecified atom stereocenters. The van der Waals surface area contributed by atoms with Gasteiger partial charge in [-0.05, 0) is 37.6 Å². The number of nitrogens with two attached hydrogens (primary N) is 1. The second kappa shape index (κ2) is 4.93. The van der Waals surface area contributed by atoms with E-state index in [9.17, 15) is 9.18 Å². The molecule has 0 atom stereocenters. The van der Waals surface area contributed by atoms with E-state index in [0.717, 1.165) is 0 Å². The second-order valence-corrected chi connectivity index (χ2v) is 5.02. The van der Waals surface area contributed by atoms with E-state index < -0.39 is 5.54 Å². The Hall–Kier alpha value is -0.930. The van der Waals surface area contributed by atoms with Gasteiger partial charge >= 0.3 is 0 Å². The van der Waals surface area contributed by atoms with Gasteiger partial charge in [-0.3, -0.25) is 4.79 Å². The Balaban J connectivity index is 2.73. The molecule has 1 rings (SSSR count). The maximum atomic E-state index is 12.9. The summed E-state index contributed by atoms with van der Waals surface area (Å²) in [5, 5.41) is 0.407. The predicted molar refractivity (Wildman–Crippen MR) is 63.0 cm³/mol. The monoisotopic (exact) mass is 243 g/mol. The van der Waals surface area contributed by atoms with Crippen molar-refractivity contribution < 1.29 is 9.18 Å². The summed E-state index contributed by atoms with van der Waals surface area (Å²) in [7, 11) is 0. The molecule has 16 heavy (non-hydrogen) atoms. The summed E-state index contributed by atoms with van der Waals surface area (Å²) in [5.74, 6) is -0.431. The standard InChI is InChI=1S/C12H15ClFNO/c1-12(2,15)7-10(16)6-8-5-9(14)3-4-11(8)13/h3-5H,6-7,15H2,1-2H3. The molecule has 0 aromatic heterocycles. The van der Waals surface area contributed by atoms with Crippen LogP contribution in [0.1, 0.15) is 25.8 Å². The number of Topliss-reactive ketones (excluding diaryl/α,β-unsaturated/α-hetero) is 1. The molecule has 0 radical (unpaired) electrons. The lowest BCUT2D eigenvalue weighted by Crippen LogP contribution is -2.35. The quantitative estimate of drug-likeness (QED) is 0.884. The molecular formula is C12H15ClFNO. The van der Waals surface area contributed by atoms with E-state index in [1.165, 1.54) is 18.2 Å². The van der Waals surface area contributed by atoms with Crippen molar-refractivity contribution in [1.82, 2.24) is 0 Å². The molecule has 1 aromatic rings. The average Bonchev–Trinajstić information content (AvgIpc) is 2.08. The number of rotatable bonds is 4. The van der Waals surface area contributed by atoms with Crippen LogP contribution in [0.3, 0.4) is 0 Å². The van der Waals surface area contributed by atoms with E-state index in [0.29, 0.717) is 10.6 Å². The Labute approximate surface area is 99.6 Å². The second-order valence-electron chi connectivity index (χ2n) is 4.62. The first-order valence-corrected chi connectivity index (χ1v) is 5.40. The number of carbonyl (C=O) groups excluding carboxylic acids is 1. The van der Waals surface area contributed by atoms with Crippen LogP contribution < -0.4 is 5.73 Å². The van der Waals surface area contributed by atoms with E-state index >= 15 is 0 Å². The van der Waals surface area contributed by atoms with Gasteiger partial charge in [-0.15, -0.1) is 0 Å². The number of halogens is 2. The molecule has 0 heterocycles. The smallest absolute Gasteiger partial charge is 0.139 e. The molecule has 2 nitrogen and oxygen atoms in total. The number of benzene rings is 1. The van der Waals surface area contributed by atoms with Gasteiger partial charge in [-0.1, -0.05) is 11.6 Å². The Bertz CT molecular complexity index is 398. The molecule has 1 aromatic carbocycles. The lowest BCUT2D eigenvalue weighted by Gasteiger charge is -2.17. The molecule has 0 aliphatic heterocycles. The van der Waals surface area contributed by atoms with E-state index in [-0.39, 0.29) is 24.4 Å². The molecule has 0 bridgehead atoms. The van der Waals surface area contributed by atoms with Crippen LogP contribution in [0.25, 0.3) is 0 Å². The van der Waals surface area contributed by atoms with Crippen molar-refractivity contribution in [2.75, 3.05) is 0 Å². The maximum Gasteiger partial charge on any atom is 0.139 e. The van der Waals surface area contributed by atoms with Crippen LogP contribution in [0.4, 0.5) is 4.39 Å². The van der Waals surface area contributed by atoms with Crippen LogP contribution in [-0.2, 0) is 11.2 Å². The number of hydrogen-bond acceptors (Lipinski definition) is 2. The van der Waals surface area contributed by atoms with Crippen molar-refractivity contribution in [3.63, 3.8) is 0 Å². The lowest BCUT2D eigenvalue weighted by molar-refractivity contribution is -0.119. The third kappa shape index (κ3) is 4.29. The summed E-state index contributed by atoms with van der Waals surface area (Å²) in [4.78, 5) is 11.6. The maximum absolute atomic E-state index is 12.9. The molecule has 0 spiro atoms. The van der Waals surface area contributed by atoms with Gasteiger partial charge in [-0.25, -0.2) is 4.39 Å². The highest BCUT2D eigenvalue weighted by molar-refractivity contribution is 6.31. The Kier molecular flexibility index (Phi) is 4.05. The average molecular weight is 244 g/mol. The van der Waals surface area contributed by atoms with Crippen molar-refractivity contribution in [2.24, 2.45) is 5.73 Å². The van der Waals surface area contributed by atoms with E-state index in [4.69, 9.17) is 17.3 Å². The first kappa shape index (κ1) is 13.1. The predicted octanol–water partition coefficient (Wildman–Crippen LogP) is 2.72. The van der Waals surface area contributed by atoms with Crippen LogP contribution in [0.15, 0.2) is 18.2 Å². The van der Waals surface area contributed by atoms with Crippen molar-refractivity contribution in [2.45, 2.75) is 32.2 Å². The molecule has 0 aliphatic carbocycles. The topological polar surface area (TPSA) is 43.1 Å². The zero-order chi connectivity index (χ0) is 12.3. The fraction of sp³-hybridized carbons (Fsp3) is 0.417. The van der Waals surface area contributed by atoms with Crippen LogP contribution >= 0.6 is 11.6 Å². The Morgan fingerprint density at radius 3 is 2.69 bits per heavy atom. The number of carbonyl (C=O) groups is 1. The minimum atomic E-state index is -0.545. The first-order chi connectivity index (χ1) is 7.28. The van der Waals surface area contributed by atoms with Crippen molar-refractivity contribution >= 4 is 17.4 Å². The van der Waals surface area contributed by atoms with E-state index in [1.807, 2.05) is 0 Å². The van der Waals surface area contributed by atoms with Gasteiger partial charge in [0.2, 0.25) is 0 Å². The summed E-state index contributed by atoms with van der Waals surface area (Å²) in [6, 6.07) is 4.00. The third-order valence-electron chi connectivity index (χ3n) is 2.05.